The fourth-order valence-corrected chi connectivity index (χ4v) is 3.61. The molecule has 8 heteroatoms. The van der Waals surface area contributed by atoms with Crippen molar-refractivity contribution in [2.75, 3.05) is 7.11 Å². The lowest BCUT2D eigenvalue weighted by atomic mass is 10.00. The summed E-state index contributed by atoms with van der Waals surface area (Å²) in [6.45, 7) is 3.97. The van der Waals surface area contributed by atoms with Crippen molar-refractivity contribution in [3.05, 3.63) is 82.5 Å². The Morgan fingerprint density at radius 2 is 2.03 bits per heavy atom. The molecule has 4 rings (SSSR count). The first-order valence-corrected chi connectivity index (χ1v) is 10.4. The quantitative estimate of drug-likeness (QED) is 0.468. The Morgan fingerprint density at radius 3 is 2.75 bits per heavy atom. The molecule has 0 saturated heterocycles. The normalized spacial score (nSPS) is 12.1. The third-order valence-electron chi connectivity index (χ3n) is 5.24. The van der Waals surface area contributed by atoms with E-state index >= 15 is 0 Å². The van der Waals surface area contributed by atoms with Gasteiger partial charge in [-0.3, -0.25) is 19.7 Å². The van der Waals surface area contributed by atoms with Crippen LogP contribution in [0, 0.1) is 5.92 Å². The molecule has 1 amide bonds. The maximum atomic E-state index is 12.8. The molecule has 0 unspecified atom stereocenters. The number of H-pyrrole nitrogens is 1. The number of nitrogens with zero attached hydrogens (tertiary/aromatic N) is 3. The van der Waals surface area contributed by atoms with Crippen molar-refractivity contribution in [3.63, 3.8) is 0 Å². The number of methoxy groups -OCH3 is 1. The number of nitrogens with one attached hydrogen (secondary N) is 2. The van der Waals surface area contributed by atoms with Gasteiger partial charge in [-0.25, -0.2) is 9.50 Å². The molecule has 0 aliphatic carbocycles. The molecule has 32 heavy (non-hydrogen) atoms. The molecule has 0 spiro atoms. The summed E-state index contributed by atoms with van der Waals surface area (Å²) in [4.78, 5) is 34.3. The van der Waals surface area contributed by atoms with Crippen molar-refractivity contribution < 1.29 is 9.53 Å². The summed E-state index contributed by atoms with van der Waals surface area (Å²) in [6.07, 6.45) is 3.61. The number of carbonyl (C=O) groups is 1. The molecule has 1 atom stereocenters. The van der Waals surface area contributed by atoms with Gasteiger partial charge in [0.15, 0.2) is 5.65 Å². The van der Waals surface area contributed by atoms with E-state index in [1.807, 2.05) is 50.2 Å². The van der Waals surface area contributed by atoms with E-state index in [2.05, 4.69) is 20.4 Å². The lowest BCUT2D eigenvalue weighted by Gasteiger charge is -2.22. The van der Waals surface area contributed by atoms with Gasteiger partial charge in [-0.2, -0.15) is 0 Å². The maximum Gasteiger partial charge on any atom is 0.272 e. The van der Waals surface area contributed by atoms with Crippen LogP contribution in [0.4, 0.5) is 0 Å². The summed E-state index contributed by atoms with van der Waals surface area (Å²) in [7, 11) is 1.59. The second kappa shape index (κ2) is 9.05. The van der Waals surface area contributed by atoms with Crippen LogP contribution in [-0.2, 0) is 11.2 Å². The Morgan fingerprint density at radius 1 is 1.19 bits per heavy atom. The van der Waals surface area contributed by atoms with Gasteiger partial charge in [0.05, 0.1) is 31.0 Å². The molecule has 0 radical (unpaired) electrons. The van der Waals surface area contributed by atoms with E-state index in [1.54, 1.807) is 25.6 Å². The van der Waals surface area contributed by atoms with Gasteiger partial charge in [-0.15, -0.1) is 0 Å². The molecule has 0 aliphatic rings. The van der Waals surface area contributed by atoms with Crippen LogP contribution >= 0.6 is 0 Å². The number of hydrogen-bond acceptors (Lipinski definition) is 5. The van der Waals surface area contributed by atoms with Gasteiger partial charge in [0, 0.05) is 30.1 Å². The van der Waals surface area contributed by atoms with Gasteiger partial charge in [-0.05, 0) is 35.7 Å². The minimum atomic E-state index is -0.400. The topological polar surface area (TPSA) is 101 Å². The highest BCUT2D eigenvalue weighted by atomic mass is 16.5. The average Bonchev–Trinajstić information content (AvgIpc) is 3.23. The zero-order valence-corrected chi connectivity index (χ0v) is 18.2. The van der Waals surface area contributed by atoms with Gasteiger partial charge in [0.2, 0.25) is 5.91 Å². The van der Waals surface area contributed by atoms with Crippen LogP contribution in [0.25, 0.3) is 16.9 Å². The second-order valence-corrected chi connectivity index (χ2v) is 7.94. The van der Waals surface area contributed by atoms with Crippen molar-refractivity contribution in [1.29, 1.82) is 0 Å². The molecule has 1 aromatic carbocycles. The van der Waals surface area contributed by atoms with Gasteiger partial charge < -0.3 is 10.1 Å². The minimum absolute atomic E-state index is 0.0374. The number of rotatable bonds is 7. The number of amides is 1. The third kappa shape index (κ3) is 4.54. The lowest BCUT2D eigenvalue weighted by Crippen LogP contribution is -2.34. The van der Waals surface area contributed by atoms with E-state index in [0.29, 0.717) is 17.1 Å². The monoisotopic (exact) mass is 431 g/mol. The number of aromatic nitrogens is 4. The number of pyridine rings is 1. The molecule has 8 nitrogen and oxygen atoms in total. The first-order valence-electron chi connectivity index (χ1n) is 10.4. The van der Waals surface area contributed by atoms with Crippen LogP contribution in [0.1, 0.15) is 31.1 Å². The van der Waals surface area contributed by atoms with Crippen molar-refractivity contribution in [3.8, 4) is 17.0 Å². The lowest BCUT2D eigenvalue weighted by molar-refractivity contribution is -0.121. The number of aromatic amines is 1. The molecule has 3 aromatic heterocycles. The number of fused-ring (bicyclic) bond motifs is 1. The smallest absolute Gasteiger partial charge is 0.272 e. The first-order chi connectivity index (χ1) is 15.4. The predicted octanol–water partition coefficient (Wildman–Crippen LogP) is 3.15. The van der Waals surface area contributed by atoms with Gasteiger partial charge >= 0.3 is 0 Å². The summed E-state index contributed by atoms with van der Waals surface area (Å²) in [5.41, 5.74) is 3.21. The van der Waals surface area contributed by atoms with Crippen LogP contribution in [0.2, 0.25) is 0 Å². The van der Waals surface area contributed by atoms with Crippen LogP contribution in [-0.4, -0.2) is 32.6 Å². The van der Waals surface area contributed by atoms with E-state index < -0.39 is 6.04 Å². The Bertz CT molecular complexity index is 1290. The molecule has 2 N–H and O–H groups in total. The fraction of sp³-hybridized carbons (Fsp3) is 0.250. The molecular formula is C24H25N5O3. The largest absolute Gasteiger partial charge is 0.497 e. The van der Waals surface area contributed by atoms with Crippen molar-refractivity contribution in [2.24, 2.45) is 5.92 Å². The second-order valence-electron chi connectivity index (χ2n) is 7.94. The van der Waals surface area contributed by atoms with E-state index in [1.165, 1.54) is 10.6 Å². The highest BCUT2D eigenvalue weighted by molar-refractivity contribution is 5.79. The predicted molar refractivity (Wildman–Crippen MR) is 121 cm³/mol. The van der Waals surface area contributed by atoms with Crippen molar-refractivity contribution in [2.45, 2.75) is 26.3 Å². The molecule has 0 bridgehead atoms. The number of ether oxygens (including phenoxy) is 1. The number of benzene rings is 1. The van der Waals surface area contributed by atoms with E-state index in [9.17, 15) is 9.59 Å². The van der Waals surface area contributed by atoms with Gasteiger partial charge in [0.1, 0.15) is 5.75 Å². The fourth-order valence-electron chi connectivity index (χ4n) is 3.61. The van der Waals surface area contributed by atoms with Gasteiger partial charge in [0.25, 0.3) is 5.56 Å². The number of hydrogen-bond donors (Lipinski definition) is 2. The molecule has 3 heterocycles. The summed E-state index contributed by atoms with van der Waals surface area (Å²) in [5.74, 6) is 0.590. The summed E-state index contributed by atoms with van der Waals surface area (Å²) < 4.78 is 6.62. The number of carbonyl (C=O) groups excluding carboxylic acids is 1. The minimum Gasteiger partial charge on any atom is -0.497 e. The van der Waals surface area contributed by atoms with E-state index in [4.69, 9.17) is 4.74 Å². The molecular weight excluding hydrogens is 406 g/mol. The Labute approximate surface area is 185 Å². The van der Waals surface area contributed by atoms with Crippen molar-refractivity contribution in [1.82, 2.24) is 24.9 Å². The van der Waals surface area contributed by atoms with Crippen LogP contribution < -0.4 is 15.6 Å². The highest BCUT2D eigenvalue weighted by Crippen LogP contribution is 2.22. The summed E-state index contributed by atoms with van der Waals surface area (Å²) in [6, 6.07) is 14.0. The summed E-state index contributed by atoms with van der Waals surface area (Å²) in [5, 5.41) is 6.10. The van der Waals surface area contributed by atoms with E-state index in [-0.39, 0.29) is 23.8 Å². The first kappa shape index (κ1) is 21.3. The molecule has 0 fully saturated rings. The summed E-state index contributed by atoms with van der Waals surface area (Å²) >= 11 is 0. The maximum absolute atomic E-state index is 12.8. The third-order valence-corrected chi connectivity index (χ3v) is 5.24. The average molecular weight is 431 g/mol. The zero-order chi connectivity index (χ0) is 22.7. The molecule has 0 saturated carbocycles. The standard InChI is InChI=1S/C24H25N5O3/c1-15(2)24(27-22(30)11-16-6-4-8-18(10-16)32-3)20-13-23(31)29-21(26-20)12-19(28-29)17-7-5-9-25-14-17/h4-10,12-15,24,28H,11H2,1-3H3,(H,27,30)/t24-/m0/s1. The SMILES string of the molecule is COc1cccc(CC(=O)N[C@H](c2cc(=O)n3[nH]c(-c4cccnc4)cc3n2)C(C)C)c1. The molecule has 4 aromatic rings. The van der Waals surface area contributed by atoms with Crippen LogP contribution in [0.5, 0.6) is 5.75 Å². The Balaban J connectivity index is 1.60. The zero-order valence-electron chi connectivity index (χ0n) is 18.2. The van der Waals surface area contributed by atoms with Gasteiger partial charge in [-0.1, -0.05) is 26.0 Å². The Hall–Kier alpha value is -3.94. The highest BCUT2D eigenvalue weighted by Gasteiger charge is 2.22. The molecule has 164 valence electrons. The Kier molecular flexibility index (Phi) is 6.02. The van der Waals surface area contributed by atoms with Crippen LogP contribution in [0.3, 0.4) is 0 Å². The van der Waals surface area contributed by atoms with E-state index in [0.717, 1.165) is 16.8 Å². The van der Waals surface area contributed by atoms with Crippen molar-refractivity contribution >= 4 is 11.6 Å². The molecule has 0 aliphatic heterocycles. The van der Waals surface area contributed by atoms with Crippen LogP contribution in [0.15, 0.2) is 65.7 Å².